The van der Waals surface area contributed by atoms with E-state index in [2.05, 4.69) is 15.0 Å². The number of esters is 1. The first-order valence-corrected chi connectivity index (χ1v) is 11.6. The molecule has 0 aliphatic carbocycles. The van der Waals surface area contributed by atoms with E-state index in [1.807, 2.05) is 0 Å². The van der Waals surface area contributed by atoms with Crippen molar-refractivity contribution in [2.24, 2.45) is 0 Å². The highest BCUT2D eigenvalue weighted by molar-refractivity contribution is 7.91. The molecule has 0 saturated heterocycles. The number of sulfone groups is 1. The molecule has 1 amide bonds. The van der Waals surface area contributed by atoms with Gasteiger partial charge >= 0.3 is 5.97 Å². The van der Waals surface area contributed by atoms with Gasteiger partial charge in [0.25, 0.3) is 0 Å². The maximum Gasteiger partial charge on any atom is 0.337 e. The molecule has 0 aliphatic heterocycles. The summed E-state index contributed by atoms with van der Waals surface area (Å²) in [6, 6.07) is 15.0. The van der Waals surface area contributed by atoms with Gasteiger partial charge in [0.15, 0.2) is 15.0 Å². The maximum absolute atomic E-state index is 12.2. The van der Waals surface area contributed by atoms with Crippen molar-refractivity contribution in [1.82, 2.24) is 4.98 Å². The van der Waals surface area contributed by atoms with Gasteiger partial charge in [-0.1, -0.05) is 30.3 Å². The van der Waals surface area contributed by atoms with E-state index in [1.54, 1.807) is 60.0 Å². The Kier molecular flexibility index (Phi) is 6.96. The van der Waals surface area contributed by atoms with Gasteiger partial charge in [-0.2, -0.15) is 0 Å². The van der Waals surface area contributed by atoms with E-state index in [1.165, 1.54) is 18.4 Å². The Bertz CT molecular complexity index is 1120. The van der Waals surface area contributed by atoms with E-state index in [0.29, 0.717) is 16.4 Å². The number of benzene rings is 2. The minimum atomic E-state index is -3.40. The zero-order chi connectivity index (χ0) is 21.6. The number of rotatable bonds is 8. The molecule has 3 rings (SSSR count). The number of carbonyl (C=O) groups excluding carboxylic acids is 2. The van der Waals surface area contributed by atoms with Crippen molar-refractivity contribution in [3.63, 3.8) is 0 Å². The second kappa shape index (κ2) is 9.64. The van der Waals surface area contributed by atoms with Crippen LogP contribution in [0.2, 0.25) is 0 Å². The minimum absolute atomic E-state index is 0.0782. The van der Waals surface area contributed by atoms with E-state index in [-0.39, 0.29) is 29.4 Å². The number of nitrogens with zero attached hydrogens (tertiary/aromatic N) is 1. The molecule has 0 unspecified atom stereocenters. The first-order valence-electron chi connectivity index (χ1n) is 9.11. The van der Waals surface area contributed by atoms with Crippen LogP contribution in [0.4, 0.5) is 5.13 Å². The lowest BCUT2D eigenvalue weighted by molar-refractivity contribution is -0.116. The molecule has 0 saturated carbocycles. The number of ether oxygens (including phenoxy) is 1. The average Bonchev–Trinajstić information content (AvgIpc) is 3.22. The second-order valence-electron chi connectivity index (χ2n) is 6.39. The van der Waals surface area contributed by atoms with Crippen molar-refractivity contribution >= 4 is 38.2 Å². The van der Waals surface area contributed by atoms with Gasteiger partial charge < -0.3 is 10.1 Å². The first kappa shape index (κ1) is 21.7. The fourth-order valence-corrected chi connectivity index (χ4v) is 4.78. The van der Waals surface area contributed by atoms with Crippen molar-refractivity contribution in [1.29, 1.82) is 0 Å². The van der Waals surface area contributed by atoms with Gasteiger partial charge in [0.05, 0.1) is 29.0 Å². The molecule has 30 heavy (non-hydrogen) atoms. The largest absolute Gasteiger partial charge is 0.465 e. The zero-order valence-corrected chi connectivity index (χ0v) is 17.8. The predicted octanol–water partition coefficient (Wildman–Crippen LogP) is 3.79. The number of thiazole rings is 1. The molecule has 1 heterocycles. The SMILES string of the molecule is COC(=O)c1ccc(-c2csc(NC(=O)CCCS(=O)(=O)c3ccccc3)n2)cc1. The molecule has 0 radical (unpaired) electrons. The lowest BCUT2D eigenvalue weighted by atomic mass is 10.1. The summed E-state index contributed by atoms with van der Waals surface area (Å²) < 4.78 is 29.2. The Morgan fingerprint density at radius 3 is 2.43 bits per heavy atom. The van der Waals surface area contributed by atoms with Crippen LogP contribution in [0.3, 0.4) is 0 Å². The Hall–Kier alpha value is -3.04. The van der Waals surface area contributed by atoms with E-state index < -0.39 is 15.8 Å². The van der Waals surface area contributed by atoms with E-state index in [0.717, 1.165) is 5.56 Å². The van der Waals surface area contributed by atoms with E-state index >= 15 is 0 Å². The summed E-state index contributed by atoms with van der Waals surface area (Å²) in [6.45, 7) is 0. The van der Waals surface area contributed by atoms with Gasteiger partial charge in [0.1, 0.15) is 0 Å². The number of aromatic nitrogens is 1. The summed E-state index contributed by atoms with van der Waals surface area (Å²) in [5, 5.41) is 4.92. The normalized spacial score (nSPS) is 11.1. The number of anilines is 1. The third kappa shape index (κ3) is 5.52. The number of carbonyl (C=O) groups is 2. The van der Waals surface area contributed by atoms with Crippen LogP contribution in [0, 0.1) is 0 Å². The number of nitrogens with one attached hydrogen (secondary N) is 1. The summed E-state index contributed by atoms with van der Waals surface area (Å²) in [5.41, 5.74) is 1.90. The predicted molar refractivity (Wildman–Crippen MR) is 115 cm³/mol. The maximum atomic E-state index is 12.2. The molecule has 9 heteroatoms. The number of methoxy groups -OCH3 is 1. The van der Waals surface area contributed by atoms with Crippen molar-refractivity contribution in [3.8, 4) is 11.3 Å². The van der Waals surface area contributed by atoms with Gasteiger partial charge in [-0.15, -0.1) is 11.3 Å². The standard InChI is InChI=1S/C21H20N2O5S2/c1-28-20(25)16-11-9-15(10-12-16)18-14-29-21(22-18)23-19(24)8-5-13-30(26,27)17-6-3-2-4-7-17/h2-4,6-7,9-12,14H,5,8,13H2,1H3,(H,22,23,24). The average molecular weight is 445 g/mol. The van der Waals surface area contributed by atoms with Crippen molar-refractivity contribution < 1.29 is 22.7 Å². The monoisotopic (exact) mass is 444 g/mol. The van der Waals surface area contributed by atoms with Crippen molar-refractivity contribution in [3.05, 3.63) is 65.5 Å². The third-order valence-corrected chi connectivity index (χ3v) is 6.85. The molecule has 2 aromatic carbocycles. The molecule has 0 bridgehead atoms. The lowest BCUT2D eigenvalue weighted by Crippen LogP contribution is -2.14. The molecule has 0 atom stereocenters. The molecular formula is C21H20N2O5S2. The third-order valence-electron chi connectivity index (χ3n) is 4.27. The summed E-state index contributed by atoms with van der Waals surface area (Å²) in [4.78, 5) is 28.3. The quantitative estimate of drug-likeness (QED) is 0.530. The molecule has 156 valence electrons. The van der Waals surface area contributed by atoms with E-state index in [4.69, 9.17) is 0 Å². The summed E-state index contributed by atoms with van der Waals surface area (Å²) in [7, 11) is -2.08. The van der Waals surface area contributed by atoms with Crippen LogP contribution >= 0.6 is 11.3 Å². The topological polar surface area (TPSA) is 102 Å². The van der Waals surface area contributed by atoms with Crippen LogP contribution in [0.1, 0.15) is 23.2 Å². The van der Waals surface area contributed by atoms with Gasteiger partial charge in [0, 0.05) is 17.4 Å². The minimum Gasteiger partial charge on any atom is -0.465 e. The Balaban J connectivity index is 1.53. The smallest absolute Gasteiger partial charge is 0.337 e. The van der Waals surface area contributed by atoms with Crippen LogP contribution in [-0.2, 0) is 19.4 Å². The Morgan fingerprint density at radius 1 is 1.07 bits per heavy atom. The fraction of sp³-hybridized carbons (Fsp3) is 0.190. The summed E-state index contributed by atoms with van der Waals surface area (Å²) >= 11 is 1.27. The van der Waals surface area contributed by atoms with Gasteiger partial charge in [0.2, 0.25) is 5.91 Å². The number of amides is 1. The fourth-order valence-electron chi connectivity index (χ4n) is 2.71. The van der Waals surface area contributed by atoms with Gasteiger partial charge in [-0.25, -0.2) is 18.2 Å². The second-order valence-corrected chi connectivity index (χ2v) is 9.36. The molecule has 1 aromatic heterocycles. The van der Waals surface area contributed by atoms with Crippen LogP contribution in [0.25, 0.3) is 11.3 Å². The Labute approximate surface area is 178 Å². The van der Waals surface area contributed by atoms with Gasteiger partial charge in [-0.05, 0) is 30.7 Å². The highest BCUT2D eigenvalue weighted by Gasteiger charge is 2.15. The van der Waals surface area contributed by atoms with E-state index in [9.17, 15) is 18.0 Å². The van der Waals surface area contributed by atoms with Crippen LogP contribution in [-0.4, -0.2) is 38.1 Å². The molecule has 0 fully saturated rings. The first-order chi connectivity index (χ1) is 14.4. The molecule has 0 aliphatic rings. The van der Waals surface area contributed by atoms with Crippen LogP contribution < -0.4 is 5.32 Å². The summed E-state index contributed by atoms with van der Waals surface area (Å²) in [6.07, 6.45) is 0.297. The van der Waals surface area contributed by atoms with Crippen molar-refractivity contribution in [2.75, 3.05) is 18.2 Å². The highest BCUT2D eigenvalue weighted by atomic mass is 32.2. The molecule has 0 spiro atoms. The Morgan fingerprint density at radius 2 is 1.77 bits per heavy atom. The summed E-state index contributed by atoms with van der Waals surface area (Å²) in [5.74, 6) is -0.803. The highest BCUT2D eigenvalue weighted by Crippen LogP contribution is 2.25. The zero-order valence-electron chi connectivity index (χ0n) is 16.2. The van der Waals surface area contributed by atoms with Crippen LogP contribution in [0.15, 0.2) is 64.9 Å². The molecule has 1 N–H and O–H groups in total. The number of hydrogen-bond acceptors (Lipinski definition) is 7. The van der Waals surface area contributed by atoms with Crippen LogP contribution in [0.5, 0.6) is 0 Å². The lowest BCUT2D eigenvalue weighted by Gasteiger charge is -2.04. The molecule has 3 aromatic rings. The van der Waals surface area contributed by atoms with Crippen molar-refractivity contribution in [2.45, 2.75) is 17.7 Å². The molecule has 7 nitrogen and oxygen atoms in total. The molecular weight excluding hydrogens is 424 g/mol. The van der Waals surface area contributed by atoms with Gasteiger partial charge in [-0.3, -0.25) is 4.79 Å². The number of hydrogen-bond donors (Lipinski definition) is 1.